The lowest BCUT2D eigenvalue weighted by molar-refractivity contribution is 0.642. The maximum Gasteiger partial charge on any atom is 0.0500 e. The molecule has 46 heavy (non-hydrogen) atoms. The van der Waals surface area contributed by atoms with Gasteiger partial charge in [0.2, 0.25) is 0 Å². The molecule has 0 N–H and O–H groups in total. The molecule has 0 aliphatic heterocycles. The Morgan fingerprint density at radius 1 is 0.370 bits per heavy atom. The highest BCUT2D eigenvalue weighted by Crippen LogP contribution is 2.45. The molecule has 0 saturated heterocycles. The Labute approximate surface area is 269 Å². The largest absolute Gasteiger partial charge is 0.338 e. The third-order valence-corrected chi connectivity index (χ3v) is 9.72. The van der Waals surface area contributed by atoms with E-state index >= 15 is 0 Å². The molecule has 1 heteroatoms. The van der Waals surface area contributed by atoms with E-state index < -0.39 is 0 Å². The zero-order valence-electron chi connectivity index (χ0n) is 26.0. The zero-order valence-corrected chi connectivity index (χ0v) is 26.0. The molecule has 8 aromatic carbocycles. The summed E-state index contributed by atoms with van der Waals surface area (Å²) >= 11 is 0. The third-order valence-electron chi connectivity index (χ3n) is 9.72. The molecule has 9 aromatic rings. The molecule has 0 amide bonds. The number of benzene rings is 8. The number of aromatic nitrogens is 1. The fraction of sp³-hybridized carbons (Fsp3) is 0.0667. The first-order valence-corrected chi connectivity index (χ1v) is 16.2. The minimum Gasteiger partial charge on any atom is -0.338 e. The number of para-hydroxylation sites is 1. The molecule has 0 fully saturated rings. The van der Waals surface area contributed by atoms with Crippen LogP contribution in [0, 0.1) is 0 Å². The lowest BCUT2D eigenvalue weighted by Gasteiger charge is -2.18. The van der Waals surface area contributed by atoms with Crippen molar-refractivity contribution >= 4 is 54.1 Å². The van der Waals surface area contributed by atoms with Crippen molar-refractivity contribution in [3.63, 3.8) is 0 Å². The molecule has 1 nitrogen and oxygen atoms in total. The number of hydrogen-bond acceptors (Lipinski definition) is 0. The molecule has 9 rings (SSSR count). The minimum absolute atomic E-state index is 0.352. The van der Waals surface area contributed by atoms with Crippen molar-refractivity contribution in [1.29, 1.82) is 0 Å². The van der Waals surface area contributed by atoms with Gasteiger partial charge in [-0.15, -0.1) is 0 Å². The van der Waals surface area contributed by atoms with E-state index in [1.165, 1.54) is 87.5 Å². The van der Waals surface area contributed by atoms with Gasteiger partial charge in [-0.2, -0.15) is 0 Å². The lowest BCUT2D eigenvalue weighted by Crippen LogP contribution is -1.99. The Kier molecular flexibility index (Phi) is 6.08. The van der Waals surface area contributed by atoms with Crippen LogP contribution in [0.25, 0.3) is 87.5 Å². The summed E-state index contributed by atoms with van der Waals surface area (Å²) in [6, 6.07) is 58.5. The van der Waals surface area contributed by atoms with E-state index in [2.05, 4.69) is 176 Å². The maximum absolute atomic E-state index is 2.49. The van der Waals surface area contributed by atoms with Crippen LogP contribution < -0.4 is 0 Å². The summed E-state index contributed by atoms with van der Waals surface area (Å²) in [6.45, 7) is 4.56. The maximum atomic E-state index is 2.49. The Hall–Kier alpha value is -5.66. The van der Waals surface area contributed by atoms with Crippen molar-refractivity contribution in [3.05, 3.63) is 158 Å². The molecule has 1 heterocycles. The second-order valence-electron chi connectivity index (χ2n) is 12.7. The van der Waals surface area contributed by atoms with Crippen LogP contribution in [-0.2, 0) is 0 Å². The van der Waals surface area contributed by atoms with Crippen LogP contribution in [0.15, 0.2) is 158 Å². The molecule has 0 radical (unpaired) electrons. The quantitative estimate of drug-likeness (QED) is 0.181. The first-order chi connectivity index (χ1) is 22.7. The number of hydrogen-bond donors (Lipinski definition) is 0. The van der Waals surface area contributed by atoms with Crippen molar-refractivity contribution in [2.24, 2.45) is 0 Å². The average molecular weight is 588 g/mol. The second-order valence-corrected chi connectivity index (χ2v) is 12.7. The van der Waals surface area contributed by atoms with Crippen molar-refractivity contribution in [1.82, 2.24) is 4.57 Å². The van der Waals surface area contributed by atoms with Gasteiger partial charge in [-0.05, 0) is 91.7 Å². The van der Waals surface area contributed by atoms with Gasteiger partial charge >= 0.3 is 0 Å². The van der Waals surface area contributed by atoms with Gasteiger partial charge in [-0.25, -0.2) is 0 Å². The Morgan fingerprint density at radius 3 is 1.50 bits per heavy atom. The van der Waals surface area contributed by atoms with E-state index in [4.69, 9.17) is 0 Å². The molecule has 1 aromatic heterocycles. The third kappa shape index (κ3) is 4.02. The smallest absolute Gasteiger partial charge is 0.0500 e. The van der Waals surface area contributed by atoms with Crippen molar-refractivity contribution in [2.45, 2.75) is 19.9 Å². The summed E-state index contributed by atoms with van der Waals surface area (Å²) in [7, 11) is 0. The van der Waals surface area contributed by atoms with Gasteiger partial charge in [0.25, 0.3) is 0 Å². The van der Waals surface area contributed by atoms with E-state index in [0.717, 1.165) is 0 Å². The van der Waals surface area contributed by atoms with Crippen LogP contribution in [0.2, 0.25) is 0 Å². The topological polar surface area (TPSA) is 4.93 Å². The summed E-state index contributed by atoms with van der Waals surface area (Å²) in [5.74, 6) is 0. The normalized spacial score (nSPS) is 11.9. The summed E-state index contributed by atoms with van der Waals surface area (Å²) in [5.41, 5.74) is 10.2. The van der Waals surface area contributed by atoms with Crippen molar-refractivity contribution in [2.75, 3.05) is 0 Å². The average Bonchev–Trinajstić information content (AvgIpc) is 3.44. The van der Waals surface area contributed by atoms with Crippen molar-refractivity contribution < 1.29 is 0 Å². The molecule has 0 atom stereocenters. The number of fused-ring (bicyclic) bond motifs is 6. The molecule has 218 valence electrons. The van der Waals surface area contributed by atoms with Gasteiger partial charge in [-0.1, -0.05) is 146 Å². The van der Waals surface area contributed by atoms with Gasteiger partial charge in [0.05, 0.1) is 0 Å². The number of rotatable bonds is 4. The van der Waals surface area contributed by atoms with E-state index in [0.29, 0.717) is 6.04 Å². The first-order valence-electron chi connectivity index (χ1n) is 16.2. The lowest BCUT2D eigenvalue weighted by atomic mass is 9.85. The Morgan fingerprint density at radius 2 is 0.848 bits per heavy atom. The second kappa shape index (κ2) is 10.5. The highest BCUT2D eigenvalue weighted by Gasteiger charge is 2.19. The molecule has 0 unspecified atom stereocenters. The van der Waals surface area contributed by atoms with Crippen LogP contribution >= 0.6 is 0 Å². The standard InChI is InChI=1S/C45H33N/c1-29(2)46-42-21-10-9-15-36(42)37-27-26-33(28-43(37)46)45-40-18-7-5-16-38(40)44(39-17-6-8-19-41(39)45)32-24-22-31(23-25-32)35-20-11-13-30-12-3-4-14-34(30)35/h3-29H,1-2H3. The first kappa shape index (κ1) is 26.7. The summed E-state index contributed by atoms with van der Waals surface area (Å²) in [6.07, 6.45) is 0. The molecule has 0 aliphatic carbocycles. The predicted molar refractivity (Wildman–Crippen MR) is 199 cm³/mol. The van der Waals surface area contributed by atoms with E-state index in [9.17, 15) is 0 Å². The zero-order chi connectivity index (χ0) is 30.8. The fourth-order valence-electron chi connectivity index (χ4n) is 7.76. The SMILES string of the molecule is CC(C)n1c2ccccc2c2ccc(-c3c4ccccc4c(-c4ccc(-c5cccc6ccccc56)cc4)c4ccccc34)cc21. The summed E-state index contributed by atoms with van der Waals surface area (Å²) < 4.78 is 2.49. The van der Waals surface area contributed by atoms with Gasteiger partial charge in [-0.3, -0.25) is 0 Å². The van der Waals surface area contributed by atoms with Crippen LogP contribution in [0.5, 0.6) is 0 Å². The number of nitrogens with zero attached hydrogens (tertiary/aromatic N) is 1. The Balaban J connectivity index is 1.28. The van der Waals surface area contributed by atoms with Gasteiger partial charge in [0, 0.05) is 27.8 Å². The highest BCUT2D eigenvalue weighted by molar-refractivity contribution is 6.22. The molecule has 0 bridgehead atoms. The Bertz CT molecular complexity index is 2540. The van der Waals surface area contributed by atoms with E-state index in [1.54, 1.807) is 0 Å². The summed E-state index contributed by atoms with van der Waals surface area (Å²) in [4.78, 5) is 0. The predicted octanol–water partition coefficient (Wildman–Crippen LogP) is 12.8. The van der Waals surface area contributed by atoms with Crippen LogP contribution in [0.3, 0.4) is 0 Å². The highest BCUT2D eigenvalue weighted by atomic mass is 15.0. The molecular formula is C45H33N. The monoisotopic (exact) mass is 587 g/mol. The van der Waals surface area contributed by atoms with Gasteiger partial charge < -0.3 is 4.57 Å². The van der Waals surface area contributed by atoms with E-state index in [1.807, 2.05) is 0 Å². The minimum atomic E-state index is 0.352. The van der Waals surface area contributed by atoms with Gasteiger partial charge in [0.15, 0.2) is 0 Å². The fourth-order valence-corrected chi connectivity index (χ4v) is 7.76. The van der Waals surface area contributed by atoms with Crippen LogP contribution in [-0.4, -0.2) is 4.57 Å². The molecular weight excluding hydrogens is 555 g/mol. The van der Waals surface area contributed by atoms with E-state index in [-0.39, 0.29) is 0 Å². The van der Waals surface area contributed by atoms with Crippen molar-refractivity contribution in [3.8, 4) is 33.4 Å². The molecule has 0 spiro atoms. The van der Waals surface area contributed by atoms with Crippen LogP contribution in [0.4, 0.5) is 0 Å². The molecule has 0 saturated carbocycles. The van der Waals surface area contributed by atoms with Gasteiger partial charge in [0.1, 0.15) is 0 Å². The summed E-state index contributed by atoms with van der Waals surface area (Å²) in [5, 5.41) is 10.3. The molecule has 0 aliphatic rings. The van der Waals surface area contributed by atoms with Crippen LogP contribution in [0.1, 0.15) is 19.9 Å².